The molecular formula is C20H20N4O2S. The lowest BCUT2D eigenvalue weighted by Crippen LogP contribution is -2.29. The number of para-hydroxylation sites is 1. The molecule has 27 heavy (non-hydrogen) atoms. The molecule has 3 aromatic rings. The first-order valence-corrected chi connectivity index (χ1v) is 9.25. The topological polar surface area (TPSA) is 110 Å². The van der Waals surface area contributed by atoms with Crippen LogP contribution in [0.5, 0.6) is 0 Å². The predicted molar refractivity (Wildman–Crippen MR) is 110 cm³/mol. The van der Waals surface area contributed by atoms with E-state index in [9.17, 15) is 9.59 Å². The van der Waals surface area contributed by atoms with Gasteiger partial charge in [-0.2, -0.15) is 0 Å². The van der Waals surface area contributed by atoms with E-state index in [0.29, 0.717) is 28.5 Å². The Morgan fingerprint density at radius 3 is 2.22 bits per heavy atom. The van der Waals surface area contributed by atoms with E-state index < -0.39 is 0 Å². The van der Waals surface area contributed by atoms with Gasteiger partial charge in [-0.3, -0.25) is 9.59 Å². The van der Waals surface area contributed by atoms with Gasteiger partial charge in [0, 0.05) is 24.3 Å². The van der Waals surface area contributed by atoms with Gasteiger partial charge < -0.3 is 22.1 Å². The molecule has 1 heterocycles. The molecule has 0 spiro atoms. The quantitative estimate of drug-likeness (QED) is 0.471. The van der Waals surface area contributed by atoms with E-state index in [1.807, 2.05) is 36.4 Å². The first kappa shape index (κ1) is 18.6. The number of benzene rings is 2. The zero-order valence-corrected chi connectivity index (χ0v) is 15.4. The molecule has 6 N–H and O–H groups in total. The molecule has 0 radical (unpaired) electrons. The number of ketones is 1. The van der Waals surface area contributed by atoms with Gasteiger partial charge in [0.2, 0.25) is 5.78 Å². The molecule has 0 aliphatic rings. The lowest BCUT2D eigenvalue weighted by atomic mass is 10.1. The minimum Gasteiger partial charge on any atom is -0.397 e. The zero-order chi connectivity index (χ0) is 19.2. The fourth-order valence-corrected chi connectivity index (χ4v) is 3.67. The number of hydrogen-bond acceptors (Lipinski definition) is 6. The Morgan fingerprint density at radius 1 is 0.963 bits per heavy atom. The van der Waals surface area contributed by atoms with Crippen molar-refractivity contribution in [3.63, 3.8) is 0 Å². The third-order valence-electron chi connectivity index (χ3n) is 3.88. The molecule has 0 unspecified atom stereocenters. The second kappa shape index (κ2) is 8.48. The summed E-state index contributed by atoms with van der Waals surface area (Å²) >= 11 is 1.17. The van der Waals surface area contributed by atoms with Crippen LogP contribution in [0.1, 0.15) is 25.6 Å². The molecule has 0 bridgehead atoms. The maximum absolute atomic E-state index is 12.9. The highest BCUT2D eigenvalue weighted by molar-refractivity contribution is 7.19. The van der Waals surface area contributed by atoms with Crippen LogP contribution in [0.3, 0.4) is 0 Å². The number of nitrogens with two attached hydrogens (primary N) is 2. The number of carbonyl (C=O) groups excluding carboxylic acids is 2. The number of amides is 1. The zero-order valence-electron chi connectivity index (χ0n) is 14.6. The van der Waals surface area contributed by atoms with Crippen molar-refractivity contribution >= 4 is 39.4 Å². The number of rotatable bonds is 7. The Bertz CT molecular complexity index is 939. The molecule has 1 aromatic heterocycles. The number of nitrogens with one attached hydrogen (secondary N) is 2. The standard InChI is InChI=1S/C20H20N4O2S/c21-11-12-23-19(26)15-16(22)18(17(25)13-7-3-1-4-8-13)27-20(15)24-14-9-5-2-6-10-14/h1-10,24H,11-12,21-22H2,(H,23,26). The second-order valence-corrected chi connectivity index (χ2v) is 6.80. The highest BCUT2D eigenvalue weighted by Crippen LogP contribution is 2.38. The Labute approximate surface area is 161 Å². The molecule has 0 aliphatic heterocycles. The van der Waals surface area contributed by atoms with Crippen LogP contribution in [0.25, 0.3) is 0 Å². The number of nitrogen functional groups attached to an aromatic ring is 1. The molecule has 3 rings (SSSR count). The summed E-state index contributed by atoms with van der Waals surface area (Å²) in [4.78, 5) is 25.8. The average molecular weight is 380 g/mol. The number of hydrogen-bond donors (Lipinski definition) is 4. The van der Waals surface area contributed by atoms with Crippen LogP contribution in [0, 0.1) is 0 Å². The summed E-state index contributed by atoms with van der Waals surface area (Å²) in [6.07, 6.45) is 0. The van der Waals surface area contributed by atoms with Crippen molar-refractivity contribution < 1.29 is 9.59 Å². The van der Waals surface area contributed by atoms with Crippen molar-refractivity contribution in [2.45, 2.75) is 0 Å². The summed E-state index contributed by atoms with van der Waals surface area (Å²) in [5.41, 5.74) is 13.4. The Balaban J connectivity index is 2.02. The number of carbonyl (C=O) groups is 2. The van der Waals surface area contributed by atoms with E-state index in [4.69, 9.17) is 11.5 Å². The highest BCUT2D eigenvalue weighted by Gasteiger charge is 2.26. The van der Waals surface area contributed by atoms with E-state index in [2.05, 4.69) is 10.6 Å². The van der Waals surface area contributed by atoms with Gasteiger partial charge in [0.15, 0.2) is 0 Å². The number of anilines is 3. The SMILES string of the molecule is NCCNC(=O)c1c(Nc2ccccc2)sc(C(=O)c2ccccc2)c1N. The minimum atomic E-state index is -0.361. The Kier molecular flexibility index (Phi) is 5.85. The van der Waals surface area contributed by atoms with Crippen LogP contribution >= 0.6 is 11.3 Å². The highest BCUT2D eigenvalue weighted by atomic mass is 32.1. The van der Waals surface area contributed by atoms with Gasteiger partial charge >= 0.3 is 0 Å². The monoisotopic (exact) mass is 380 g/mol. The van der Waals surface area contributed by atoms with Crippen LogP contribution in [0.4, 0.5) is 16.4 Å². The van der Waals surface area contributed by atoms with Crippen molar-refractivity contribution in [1.29, 1.82) is 0 Å². The molecular weight excluding hydrogens is 360 g/mol. The van der Waals surface area contributed by atoms with Crippen molar-refractivity contribution in [2.24, 2.45) is 5.73 Å². The fourth-order valence-electron chi connectivity index (χ4n) is 2.57. The Morgan fingerprint density at radius 2 is 1.59 bits per heavy atom. The average Bonchev–Trinajstić information content (AvgIpc) is 3.03. The van der Waals surface area contributed by atoms with E-state index in [1.54, 1.807) is 24.3 Å². The maximum atomic E-state index is 12.9. The molecule has 0 atom stereocenters. The number of thiophene rings is 1. The fraction of sp³-hybridized carbons (Fsp3) is 0.100. The molecule has 1 amide bonds. The molecule has 0 fully saturated rings. The summed E-state index contributed by atoms with van der Waals surface area (Å²) in [6, 6.07) is 18.2. The molecule has 0 saturated carbocycles. The van der Waals surface area contributed by atoms with Gasteiger partial charge in [-0.25, -0.2) is 0 Å². The van der Waals surface area contributed by atoms with Gasteiger partial charge in [0.1, 0.15) is 9.88 Å². The lowest BCUT2D eigenvalue weighted by Gasteiger charge is -2.08. The van der Waals surface area contributed by atoms with Gasteiger partial charge in [0.05, 0.1) is 11.3 Å². The molecule has 2 aromatic carbocycles. The third-order valence-corrected chi connectivity index (χ3v) is 5.00. The van der Waals surface area contributed by atoms with Crippen LogP contribution in [0.2, 0.25) is 0 Å². The molecule has 138 valence electrons. The van der Waals surface area contributed by atoms with Crippen molar-refractivity contribution in [1.82, 2.24) is 5.32 Å². The first-order valence-electron chi connectivity index (χ1n) is 8.44. The Hall–Kier alpha value is -3.16. The third kappa shape index (κ3) is 4.16. The van der Waals surface area contributed by atoms with Gasteiger partial charge in [0.25, 0.3) is 5.91 Å². The van der Waals surface area contributed by atoms with Gasteiger partial charge in [-0.1, -0.05) is 48.5 Å². The summed E-state index contributed by atoms with van der Waals surface area (Å²) < 4.78 is 0. The normalized spacial score (nSPS) is 10.4. The smallest absolute Gasteiger partial charge is 0.256 e. The minimum absolute atomic E-state index is 0.168. The van der Waals surface area contributed by atoms with Crippen molar-refractivity contribution in [3.05, 3.63) is 76.7 Å². The van der Waals surface area contributed by atoms with Crippen LogP contribution < -0.4 is 22.1 Å². The predicted octanol–water partition coefficient (Wildman–Crippen LogP) is 2.99. The molecule has 0 aliphatic carbocycles. The molecule has 0 saturated heterocycles. The summed E-state index contributed by atoms with van der Waals surface area (Å²) in [7, 11) is 0. The molecule has 6 nitrogen and oxygen atoms in total. The van der Waals surface area contributed by atoms with Crippen molar-refractivity contribution in [3.8, 4) is 0 Å². The van der Waals surface area contributed by atoms with E-state index in [0.717, 1.165) is 5.69 Å². The van der Waals surface area contributed by atoms with Crippen LogP contribution in [-0.4, -0.2) is 24.8 Å². The van der Waals surface area contributed by atoms with Crippen LogP contribution in [-0.2, 0) is 0 Å². The molecule has 7 heteroatoms. The van der Waals surface area contributed by atoms with E-state index >= 15 is 0 Å². The van der Waals surface area contributed by atoms with E-state index in [-0.39, 0.29) is 22.9 Å². The van der Waals surface area contributed by atoms with Crippen LogP contribution in [0.15, 0.2) is 60.7 Å². The largest absolute Gasteiger partial charge is 0.397 e. The second-order valence-electron chi connectivity index (χ2n) is 5.78. The summed E-state index contributed by atoms with van der Waals surface area (Å²) in [5.74, 6) is -0.577. The lowest BCUT2D eigenvalue weighted by molar-refractivity contribution is 0.0956. The van der Waals surface area contributed by atoms with Gasteiger partial charge in [-0.05, 0) is 12.1 Å². The van der Waals surface area contributed by atoms with Gasteiger partial charge in [-0.15, -0.1) is 11.3 Å². The summed E-state index contributed by atoms with van der Waals surface area (Å²) in [6.45, 7) is 0.633. The van der Waals surface area contributed by atoms with E-state index in [1.165, 1.54) is 11.3 Å². The summed E-state index contributed by atoms with van der Waals surface area (Å²) in [5, 5.41) is 6.43. The maximum Gasteiger partial charge on any atom is 0.256 e. The first-order chi connectivity index (χ1) is 13.1. The van der Waals surface area contributed by atoms with Crippen molar-refractivity contribution in [2.75, 3.05) is 24.1 Å².